The second-order valence-corrected chi connectivity index (χ2v) is 7.85. The molecule has 1 amide bonds. The Hall–Kier alpha value is -3.86. The number of hydrogen-bond donors (Lipinski definition) is 2. The number of rotatable bonds is 5. The summed E-state index contributed by atoms with van der Waals surface area (Å²) in [6, 6.07) is 12.1. The largest absolute Gasteiger partial charge is 0.443 e. The number of aliphatic hydroxyl groups excluding tert-OH is 1. The van der Waals surface area contributed by atoms with E-state index in [1.165, 1.54) is 6.20 Å². The minimum absolute atomic E-state index is 0.0180. The molecule has 0 bridgehead atoms. The standard InChI is InChI=1S/C25H20ClN3O4/c1-29-15-21(24(32)28-13-16-7-9-18(26)10-8-16)23(31)20-12-19(33-25(20)29)5-2-6-22(30)17-4-3-11-27-14-17/h3-4,7-12,14-15,22,30H,5,13H2,1H3,(H,28,32). The third-order valence-corrected chi connectivity index (χ3v) is 5.26. The van der Waals surface area contributed by atoms with Crippen LogP contribution in [0.15, 0.2) is 70.3 Å². The highest BCUT2D eigenvalue weighted by Crippen LogP contribution is 2.18. The first-order valence-corrected chi connectivity index (χ1v) is 10.5. The van der Waals surface area contributed by atoms with E-state index in [1.54, 1.807) is 66.5 Å². The van der Waals surface area contributed by atoms with E-state index in [-0.39, 0.29) is 18.5 Å². The normalized spacial score (nSPS) is 11.6. The molecule has 8 heteroatoms. The molecule has 0 spiro atoms. The zero-order valence-electron chi connectivity index (χ0n) is 17.7. The summed E-state index contributed by atoms with van der Waals surface area (Å²) < 4.78 is 7.36. The number of halogens is 1. The Balaban J connectivity index is 1.51. The number of furan rings is 1. The summed E-state index contributed by atoms with van der Waals surface area (Å²) in [5.74, 6) is 5.58. The minimum atomic E-state index is -0.967. The van der Waals surface area contributed by atoms with E-state index in [0.717, 1.165) is 5.56 Å². The van der Waals surface area contributed by atoms with E-state index in [4.69, 9.17) is 16.0 Å². The van der Waals surface area contributed by atoms with Gasteiger partial charge in [0.25, 0.3) is 5.91 Å². The summed E-state index contributed by atoms with van der Waals surface area (Å²) in [6.45, 7) is 0.267. The third-order valence-electron chi connectivity index (χ3n) is 5.01. The molecule has 1 atom stereocenters. The maximum Gasteiger partial charge on any atom is 0.257 e. The smallest absolute Gasteiger partial charge is 0.257 e. The lowest BCUT2D eigenvalue weighted by molar-refractivity contribution is 0.0949. The van der Waals surface area contributed by atoms with Crippen molar-refractivity contribution in [3.05, 3.63) is 98.8 Å². The molecule has 0 saturated carbocycles. The van der Waals surface area contributed by atoms with Gasteiger partial charge in [0.15, 0.2) is 0 Å². The molecule has 33 heavy (non-hydrogen) atoms. The zero-order valence-corrected chi connectivity index (χ0v) is 18.5. The summed E-state index contributed by atoms with van der Waals surface area (Å²) in [6.07, 6.45) is 3.84. The first-order valence-electron chi connectivity index (χ1n) is 10.1. The predicted octanol–water partition coefficient (Wildman–Crippen LogP) is 3.39. The molecule has 166 valence electrons. The molecule has 7 nitrogen and oxygen atoms in total. The Morgan fingerprint density at radius 3 is 2.82 bits per heavy atom. The second-order valence-electron chi connectivity index (χ2n) is 7.41. The number of fused-ring (bicyclic) bond motifs is 1. The van der Waals surface area contributed by atoms with Crippen LogP contribution in [0.2, 0.25) is 5.02 Å². The van der Waals surface area contributed by atoms with Crippen LogP contribution in [-0.4, -0.2) is 20.6 Å². The minimum Gasteiger partial charge on any atom is -0.443 e. The van der Waals surface area contributed by atoms with Crippen molar-refractivity contribution in [2.75, 3.05) is 0 Å². The van der Waals surface area contributed by atoms with Gasteiger partial charge in [0, 0.05) is 42.8 Å². The molecule has 1 aromatic carbocycles. The Morgan fingerprint density at radius 1 is 1.30 bits per heavy atom. The Bertz CT molecular complexity index is 1410. The maximum absolute atomic E-state index is 12.9. The molecule has 0 aliphatic heterocycles. The van der Waals surface area contributed by atoms with Crippen molar-refractivity contribution < 1.29 is 14.3 Å². The number of nitrogens with one attached hydrogen (secondary N) is 1. The van der Waals surface area contributed by atoms with Crippen LogP contribution >= 0.6 is 11.6 Å². The number of carbonyl (C=O) groups excluding carboxylic acids is 1. The van der Waals surface area contributed by atoms with Gasteiger partial charge in [0.2, 0.25) is 11.1 Å². The van der Waals surface area contributed by atoms with Crippen LogP contribution in [0.5, 0.6) is 0 Å². The Kier molecular flexibility index (Phi) is 6.59. The lowest BCUT2D eigenvalue weighted by Gasteiger charge is -2.07. The molecular formula is C25H20ClN3O4. The molecule has 4 aromatic rings. The van der Waals surface area contributed by atoms with Gasteiger partial charge < -0.3 is 19.4 Å². The summed E-state index contributed by atoms with van der Waals surface area (Å²) in [5, 5.41) is 13.8. The molecule has 0 aliphatic rings. The van der Waals surface area contributed by atoms with Gasteiger partial charge in [-0.25, -0.2) is 0 Å². The predicted molar refractivity (Wildman–Crippen MR) is 125 cm³/mol. The monoisotopic (exact) mass is 461 g/mol. The number of hydrogen-bond acceptors (Lipinski definition) is 5. The third kappa shape index (κ3) is 5.14. The van der Waals surface area contributed by atoms with Gasteiger partial charge >= 0.3 is 0 Å². The molecule has 0 radical (unpaired) electrons. The average Bonchev–Trinajstić information content (AvgIpc) is 3.26. The van der Waals surface area contributed by atoms with Crippen molar-refractivity contribution >= 4 is 28.6 Å². The fourth-order valence-corrected chi connectivity index (χ4v) is 3.42. The first kappa shape index (κ1) is 22.3. The van der Waals surface area contributed by atoms with Crippen LogP contribution in [0.3, 0.4) is 0 Å². The highest BCUT2D eigenvalue weighted by Gasteiger charge is 2.17. The quantitative estimate of drug-likeness (QED) is 0.444. The van der Waals surface area contributed by atoms with E-state index in [1.807, 2.05) is 0 Å². The first-order chi connectivity index (χ1) is 15.9. The topological polar surface area (TPSA) is 97.4 Å². The van der Waals surface area contributed by atoms with Gasteiger partial charge in [-0.3, -0.25) is 14.6 Å². The van der Waals surface area contributed by atoms with E-state index in [0.29, 0.717) is 27.4 Å². The van der Waals surface area contributed by atoms with Crippen molar-refractivity contribution in [2.24, 2.45) is 7.05 Å². The molecular weight excluding hydrogens is 442 g/mol. The van der Waals surface area contributed by atoms with Crippen LogP contribution < -0.4 is 10.7 Å². The molecule has 1 unspecified atom stereocenters. The van der Waals surface area contributed by atoms with Crippen LogP contribution in [0.1, 0.15) is 33.3 Å². The molecule has 0 fully saturated rings. The lowest BCUT2D eigenvalue weighted by atomic mass is 10.1. The highest BCUT2D eigenvalue weighted by atomic mass is 35.5. The molecule has 3 heterocycles. The van der Waals surface area contributed by atoms with Crippen molar-refractivity contribution in [3.8, 4) is 11.8 Å². The van der Waals surface area contributed by atoms with Gasteiger partial charge in [0.1, 0.15) is 17.4 Å². The second kappa shape index (κ2) is 9.74. The van der Waals surface area contributed by atoms with E-state index < -0.39 is 17.4 Å². The van der Waals surface area contributed by atoms with E-state index in [2.05, 4.69) is 22.1 Å². The number of carbonyl (C=O) groups is 1. The van der Waals surface area contributed by atoms with E-state index in [9.17, 15) is 14.7 Å². The van der Waals surface area contributed by atoms with Crippen LogP contribution in [-0.2, 0) is 20.0 Å². The summed E-state index contributed by atoms with van der Waals surface area (Å²) in [5.41, 5.74) is 1.40. The molecule has 2 N–H and O–H groups in total. The Morgan fingerprint density at radius 2 is 2.09 bits per heavy atom. The number of pyridine rings is 2. The molecule has 3 aromatic heterocycles. The average molecular weight is 462 g/mol. The summed E-state index contributed by atoms with van der Waals surface area (Å²) in [4.78, 5) is 29.5. The zero-order chi connectivity index (χ0) is 23.4. The SMILES string of the molecule is Cn1cc(C(=O)NCc2ccc(Cl)cc2)c(=O)c2cc(CC#CC(O)c3cccnc3)oc21. The van der Waals surface area contributed by atoms with Crippen LogP contribution in [0.25, 0.3) is 11.1 Å². The van der Waals surface area contributed by atoms with Crippen molar-refractivity contribution in [3.63, 3.8) is 0 Å². The fourth-order valence-electron chi connectivity index (χ4n) is 3.30. The lowest BCUT2D eigenvalue weighted by Crippen LogP contribution is -2.29. The maximum atomic E-state index is 12.9. The highest BCUT2D eigenvalue weighted by molar-refractivity contribution is 6.30. The van der Waals surface area contributed by atoms with Gasteiger partial charge in [0.05, 0.1) is 11.8 Å². The molecule has 4 rings (SSSR count). The fraction of sp³-hybridized carbons (Fsp3) is 0.160. The van der Waals surface area contributed by atoms with Gasteiger partial charge in [-0.15, -0.1) is 0 Å². The molecule has 0 saturated heterocycles. The van der Waals surface area contributed by atoms with Crippen molar-refractivity contribution in [2.45, 2.75) is 19.1 Å². The number of aryl methyl sites for hydroxylation is 1. The number of aliphatic hydroxyl groups is 1. The van der Waals surface area contributed by atoms with Crippen LogP contribution in [0.4, 0.5) is 0 Å². The van der Waals surface area contributed by atoms with Gasteiger partial charge in [-0.05, 0) is 29.8 Å². The number of benzene rings is 1. The summed E-state index contributed by atoms with van der Waals surface area (Å²) in [7, 11) is 1.70. The molecule has 0 aliphatic carbocycles. The number of aromatic nitrogens is 2. The van der Waals surface area contributed by atoms with Gasteiger partial charge in [-0.1, -0.05) is 41.6 Å². The van der Waals surface area contributed by atoms with Crippen LogP contribution in [0, 0.1) is 11.8 Å². The van der Waals surface area contributed by atoms with E-state index >= 15 is 0 Å². The number of nitrogens with zero attached hydrogens (tertiary/aromatic N) is 2. The van der Waals surface area contributed by atoms with Crippen molar-refractivity contribution in [1.82, 2.24) is 14.9 Å². The van der Waals surface area contributed by atoms with Gasteiger partial charge in [-0.2, -0.15) is 0 Å². The Labute approximate surface area is 194 Å². The number of amides is 1. The summed E-state index contributed by atoms with van der Waals surface area (Å²) >= 11 is 5.88. The van der Waals surface area contributed by atoms with Crippen molar-refractivity contribution in [1.29, 1.82) is 0 Å².